The third-order valence-corrected chi connectivity index (χ3v) is 4.00. The molecular weight excluding hydrogens is 210 g/mol. The standard InChI is InChI=1S/C14H31N3/c1-11(2)15-8-7-13(4)17-9-12(3)14(10-17)16(5)6/h11-15H,7-10H2,1-6H3. The fourth-order valence-electron chi connectivity index (χ4n) is 2.78. The highest BCUT2D eigenvalue weighted by Crippen LogP contribution is 2.22. The highest BCUT2D eigenvalue weighted by Gasteiger charge is 2.32. The Hall–Kier alpha value is -0.120. The van der Waals surface area contributed by atoms with Gasteiger partial charge < -0.3 is 10.2 Å². The molecule has 1 saturated heterocycles. The van der Waals surface area contributed by atoms with Gasteiger partial charge in [-0.1, -0.05) is 20.8 Å². The van der Waals surface area contributed by atoms with E-state index in [2.05, 4.69) is 56.9 Å². The van der Waals surface area contributed by atoms with Gasteiger partial charge in [-0.15, -0.1) is 0 Å². The number of hydrogen-bond donors (Lipinski definition) is 1. The maximum absolute atomic E-state index is 3.51. The molecule has 1 heterocycles. The van der Waals surface area contributed by atoms with Gasteiger partial charge in [-0.3, -0.25) is 4.90 Å². The summed E-state index contributed by atoms with van der Waals surface area (Å²) >= 11 is 0. The molecule has 0 bridgehead atoms. The molecule has 3 heteroatoms. The van der Waals surface area contributed by atoms with Crippen LogP contribution in [0, 0.1) is 5.92 Å². The topological polar surface area (TPSA) is 18.5 Å². The van der Waals surface area contributed by atoms with Crippen molar-refractivity contribution in [2.24, 2.45) is 5.92 Å². The summed E-state index contributed by atoms with van der Waals surface area (Å²) in [5.74, 6) is 0.797. The smallest absolute Gasteiger partial charge is 0.0254 e. The van der Waals surface area contributed by atoms with Gasteiger partial charge in [0.05, 0.1) is 0 Å². The Balaban J connectivity index is 2.31. The van der Waals surface area contributed by atoms with Crippen LogP contribution in [0.5, 0.6) is 0 Å². The first-order valence-electron chi connectivity index (χ1n) is 7.05. The molecule has 102 valence electrons. The van der Waals surface area contributed by atoms with E-state index in [0.717, 1.165) is 18.5 Å². The van der Waals surface area contributed by atoms with Gasteiger partial charge in [-0.25, -0.2) is 0 Å². The Labute approximate surface area is 108 Å². The van der Waals surface area contributed by atoms with Gasteiger partial charge in [-0.2, -0.15) is 0 Å². The molecule has 0 saturated carbocycles. The van der Waals surface area contributed by atoms with Crippen molar-refractivity contribution in [2.75, 3.05) is 33.7 Å². The van der Waals surface area contributed by atoms with Crippen LogP contribution < -0.4 is 5.32 Å². The molecule has 3 atom stereocenters. The summed E-state index contributed by atoms with van der Waals surface area (Å²) in [7, 11) is 4.41. The summed E-state index contributed by atoms with van der Waals surface area (Å²) < 4.78 is 0. The second-order valence-electron chi connectivity index (χ2n) is 6.21. The molecule has 1 aliphatic rings. The second kappa shape index (κ2) is 6.72. The van der Waals surface area contributed by atoms with Gasteiger partial charge in [0.15, 0.2) is 0 Å². The van der Waals surface area contributed by atoms with E-state index in [1.54, 1.807) is 0 Å². The molecule has 1 rings (SSSR count). The van der Waals surface area contributed by atoms with Crippen molar-refractivity contribution >= 4 is 0 Å². The zero-order chi connectivity index (χ0) is 13.0. The van der Waals surface area contributed by atoms with Crippen LogP contribution in [-0.2, 0) is 0 Å². The van der Waals surface area contributed by atoms with Crippen molar-refractivity contribution in [1.82, 2.24) is 15.1 Å². The average Bonchev–Trinajstić information content (AvgIpc) is 2.59. The number of rotatable bonds is 6. The number of nitrogens with one attached hydrogen (secondary N) is 1. The van der Waals surface area contributed by atoms with Crippen molar-refractivity contribution < 1.29 is 0 Å². The van der Waals surface area contributed by atoms with Crippen LogP contribution in [0.4, 0.5) is 0 Å². The first kappa shape index (κ1) is 14.9. The molecule has 0 amide bonds. The van der Waals surface area contributed by atoms with Crippen molar-refractivity contribution in [2.45, 2.75) is 52.2 Å². The van der Waals surface area contributed by atoms with Crippen molar-refractivity contribution in [3.05, 3.63) is 0 Å². The summed E-state index contributed by atoms with van der Waals surface area (Å²) in [5, 5.41) is 3.51. The molecule has 1 aliphatic heterocycles. The van der Waals surface area contributed by atoms with E-state index < -0.39 is 0 Å². The predicted molar refractivity (Wildman–Crippen MR) is 75.4 cm³/mol. The molecule has 1 N–H and O–H groups in total. The Morgan fingerprint density at radius 3 is 2.35 bits per heavy atom. The van der Waals surface area contributed by atoms with Gasteiger partial charge in [0.2, 0.25) is 0 Å². The van der Waals surface area contributed by atoms with Gasteiger partial charge in [0.1, 0.15) is 0 Å². The maximum Gasteiger partial charge on any atom is 0.0254 e. The zero-order valence-corrected chi connectivity index (χ0v) is 12.5. The first-order chi connectivity index (χ1) is 7.91. The Bertz CT molecular complexity index is 216. The van der Waals surface area contributed by atoms with E-state index in [1.807, 2.05) is 0 Å². The van der Waals surface area contributed by atoms with Crippen LogP contribution in [0.15, 0.2) is 0 Å². The predicted octanol–water partition coefficient (Wildman–Crippen LogP) is 1.64. The molecule has 0 spiro atoms. The zero-order valence-electron chi connectivity index (χ0n) is 12.5. The third kappa shape index (κ3) is 4.57. The van der Waals surface area contributed by atoms with E-state index in [9.17, 15) is 0 Å². The highest BCUT2D eigenvalue weighted by molar-refractivity contribution is 4.88. The van der Waals surface area contributed by atoms with Gasteiger partial charge in [-0.05, 0) is 39.9 Å². The minimum absolute atomic E-state index is 0.606. The molecule has 0 radical (unpaired) electrons. The Kier molecular flexibility index (Phi) is 5.90. The highest BCUT2D eigenvalue weighted by atomic mass is 15.3. The van der Waals surface area contributed by atoms with Crippen LogP contribution in [0.1, 0.15) is 34.1 Å². The SMILES string of the molecule is CC(C)NCCC(C)N1CC(C)C(N(C)C)C1. The summed E-state index contributed by atoms with van der Waals surface area (Å²) in [6.07, 6.45) is 1.26. The van der Waals surface area contributed by atoms with E-state index in [1.165, 1.54) is 19.5 Å². The molecule has 1 fully saturated rings. The fraction of sp³-hybridized carbons (Fsp3) is 1.00. The lowest BCUT2D eigenvalue weighted by Gasteiger charge is -2.26. The second-order valence-corrected chi connectivity index (χ2v) is 6.21. The van der Waals surface area contributed by atoms with Gasteiger partial charge in [0.25, 0.3) is 0 Å². The van der Waals surface area contributed by atoms with Gasteiger partial charge >= 0.3 is 0 Å². The molecule has 3 unspecified atom stereocenters. The fourth-order valence-corrected chi connectivity index (χ4v) is 2.78. The van der Waals surface area contributed by atoms with Crippen LogP contribution in [0.2, 0.25) is 0 Å². The largest absolute Gasteiger partial charge is 0.314 e. The number of nitrogens with zero attached hydrogens (tertiary/aromatic N) is 2. The minimum atomic E-state index is 0.606. The lowest BCUT2D eigenvalue weighted by Crippen LogP contribution is -2.38. The molecule has 0 aromatic heterocycles. The van der Waals surface area contributed by atoms with E-state index in [-0.39, 0.29) is 0 Å². The minimum Gasteiger partial charge on any atom is -0.314 e. The summed E-state index contributed by atoms with van der Waals surface area (Å²) in [4.78, 5) is 5.03. The first-order valence-corrected chi connectivity index (χ1v) is 7.05. The number of likely N-dealkylation sites (N-methyl/N-ethyl adjacent to an activating group) is 1. The van der Waals surface area contributed by atoms with E-state index in [0.29, 0.717) is 12.1 Å². The van der Waals surface area contributed by atoms with Crippen molar-refractivity contribution in [1.29, 1.82) is 0 Å². The quantitative estimate of drug-likeness (QED) is 0.763. The molecule has 0 aromatic carbocycles. The van der Waals surface area contributed by atoms with E-state index in [4.69, 9.17) is 0 Å². The average molecular weight is 241 g/mol. The maximum atomic E-state index is 3.51. The molecule has 3 nitrogen and oxygen atoms in total. The Morgan fingerprint density at radius 2 is 1.88 bits per heavy atom. The van der Waals surface area contributed by atoms with Crippen LogP contribution in [0.25, 0.3) is 0 Å². The molecule has 17 heavy (non-hydrogen) atoms. The lowest BCUT2D eigenvalue weighted by atomic mass is 10.1. The van der Waals surface area contributed by atoms with Crippen LogP contribution >= 0.6 is 0 Å². The van der Waals surface area contributed by atoms with Crippen LogP contribution in [0.3, 0.4) is 0 Å². The van der Waals surface area contributed by atoms with Crippen molar-refractivity contribution in [3.8, 4) is 0 Å². The Morgan fingerprint density at radius 1 is 1.24 bits per heavy atom. The lowest BCUT2D eigenvalue weighted by molar-refractivity contribution is 0.216. The summed E-state index contributed by atoms with van der Waals surface area (Å²) in [6.45, 7) is 12.8. The number of likely N-dealkylation sites (tertiary alicyclic amines) is 1. The number of hydrogen-bond acceptors (Lipinski definition) is 3. The molecule has 0 aliphatic carbocycles. The van der Waals surface area contributed by atoms with Crippen molar-refractivity contribution in [3.63, 3.8) is 0 Å². The summed E-state index contributed by atoms with van der Waals surface area (Å²) in [6, 6.07) is 2.04. The monoisotopic (exact) mass is 241 g/mol. The molecule has 0 aromatic rings. The normalized spacial score (nSPS) is 28.2. The molecular formula is C14H31N3. The third-order valence-electron chi connectivity index (χ3n) is 4.00. The summed E-state index contributed by atoms with van der Waals surface area (Å²) in [5.41, 5.74) is 0. The van der Waals surface area contributed by atoms with Crippen LogP contribution in [-0.4, -0.2) is 61.7 Å². The van der Waals surface area contributed by atoms with E-state index >= 15 is 0 Å². The van der Waals surface area contributed by atoms with Gasteiger partial charge in [0, 0.05) is 31.2 Å².